The monoisotopic (exact) mass is 509 g/mol. The number of ketones is 2. The molecule has 7 heteroatoms. The minimum atomic E-state index is -0.708. The van der Waals surface area contributed by atoms with E-state index in [2.05, 4.69) is 0 Å². The molecule has 1 unspecified atom stereocenters. The van der Waals surface area contributed by atoms with Gasteiger partial charge in [-0.25, -0.2) is 0 Å². The van der Waals surface area contributed by atoms with Crippen LogP contribution in [0.3, 0.4) is 0 Å². The molecule has 0 heterocycles. The van der Waals surface area contributed by atoms with Gasteiger partial charge in [0.2, 0.25) is 5.78 Å². The minimum Gasteiger partial charge on any atom is -0.491 e. The maximum atomic E-state index is 12.8. The number of aliphatic hydroxyl groups is 1. The van der Waals surface area contributed by atoms with Crippen LogP contribution in [0.15, 0.2) is 83.6 Å². The SMILES string of the molecule is COCCc1ccc(OCC(O)CN(/C=C/C=C/C2=C(Cl)C(=O)c3ccccc3C2=O)C(C)C)cc1. The molecule has 2 aromatic carbocycles. The summed E-state index contributed by atoms with van der Waals surface area (Å²) in [6.45, 7) is 5.21. The lowest BCUT2D eigenvalue weighted by atomic mass is 9.89. The zero-order chi connectivity index (χ0) is 26.1. The van der Waals surface area contributed by atoms with Crippen molar-refractivity contribution in [3.63, 3.8) is 0 Å². The van der Waals surface area contributed by atoms with Crippen LogP contribution in [0.25, 0.3) is 0 Å². The van der Waals surface area contributed by atoms with Crippen molar-refractivity contribution in [3.05, 3.63) is 100 Å². The van der Waals surface area contributed by atoms with Gasteiger partial charge in [0.05, 0.1) is 11.6 Å². The van der Waals surface area contributed by atoms with Crippen LogP contribution in [0.5, 0.6) is 5.75 Å². The summed E-state index contributed by atoms with van der Waals surface area (Å²) >= 11 is 6.20. The average molecular weight is 510 g/mol. The number of carbonyl (C=O) groups is 2. The van der Waals surface area contributed by atoms with Crippen molar-refractivity contribution in [3.8, 4) is 5.75 Å². The van der Waals surface area contributed by atoms with E-state index in [0.29, 0.717) is 30.0 Å². The number of nitrogens with zero attached hydrogens (tertiary/aromatic N) is 1. The van der Waals surface area contributed by atoms with Gasteiger partial charge in [-0.3, -0.25) is 9.59 Å². The number of hydrogen-bond acceptors (Lipinski definition) is 6. The van der Waals surface area contributed by atoms with E-state index in [0.717, 1.165) is 12.0 Å². The summed E-state index contributed by atoms with van der Waals surface area (Å²) in [7, 11) is 1.68. The first-order valence-corrected chi connectivity index (χ1v) is 12.3. The standard InChI is InChI=1S/C29H32ClNO5/c1-20(2)31(18-22(32)19-36-23-13-11-21(12-14-23)15-17-35-3)16-7-6-10-26-27(30)29(34)25-9-5-4-8-24(25)28(26)33/h4-14,16,20,22,32H,15,17-19H2,1-3H3/b10-6+,16-7+. The van der Waals surface area contributed by atoms with E-state index in [1.54, 1.807) is 49.6 Å². The van der Waals surface area contributed by atoms with Crippen LogP contribution >= 0.6 is 11.6 Å². The van der Waals surface area contributed by atoms with Gasteiger partial charge in [-0.1, -0.05) is 54.1 Å². The van der Waals surface area contributed by atoms with Crippen molar-refractivity contribution in [2.45, 2.75) is 32.4 Å². The Morgan fingerprint density at radius 2 is 1.67 bits per heavy atom. The molecule has 0 amide bonds. The lowest BCUT2D eigenvalue weighted by Crippen LogP contribution is -2.36. The highest BCUT2D eigenvalue weighted by molar-refractivity contribution is 6.50. The molecule has 0 radical (unpaired) electrons. The molecule has 6 nitrogen and oxygen atoms in total. The largest absolute Gasteiger partial charge is 0.491 e. The van der Waals surface area contributed by atoms with Crippen molar-refractivity contribution in [2.75, 3.05) is 26.9 Å². The predicted octanol–water partition coefficient (Wildman–Crippen LogP) is 4.97. The van der Waals surface area contributed by atoms with E-state index in [1.165, 1.54) is 0 Å². The minimum absolute atomic E-state index is 0.0802. The fraction of sp³-hybridized carbons (Fsp3) is 0.310. The summed E-state index contributed by atoms with van der Waals surface area (Å²) in [4.78, 5) is 27.2. The number of ether oxygens (including phenoxy) is 2. The molecule has 1 N–H and O–H groups in total. The Kier molecular flexibility index (Phi) is 10.1. The lowest BCUT2D eigenvalue weighted by molar-refractivity contribution is 0.0747. The van der Waals surface area contributed by atoms with Crippen molar-refractivity contribution in [1.82, 2.24) is 4.90 Å². The van der Waals surface area contributed by atoms with Crippen molar-refractivity contribution >= 4 is 23.2 Å². The Morgan fingerprint density at radius 3 is 2.31 bits per heavy atom. The van der Waals surface area contributed by atoms with E-state index in [-0.39, 0.29) is 34.8 Å². The highest BCUT2D eigenvalue weighted by atomic mass is 35.5. The Bertz CT molecular complexity index is 1150. The van der Waals surface area contributed by atoms with Crippen LogP contribution in [-0.4, -0.2) is 60.6 Å². The fourth-order valence-corrected chi connectivity index (χ4v) is 3.98. The van der Waals surface area contributed by atoms with Gasteiger partial charge in [-0.15, -0.1) is 0 Å². The molecule has 0 bridgehead atoms. The fourth-order valence-electron chi connectivity index (χ4n) is 3.73. The summed E-state index contributed by atoms with van der Waals surface area (Å²) in [5, 5.41) is 10.4. The summed E-state index contributed by atoms with van der Waals surface area (Å²) in [5.41, 5.74) is 2.01. The second kappa shape index (κ2) is 13.2. The Morgan fingerprint density at radius 1 is 1.00 bits per heavy atom. The highest BCUT2D eigenvalue weighted by Crippen LogP contribution is 2.29. The van der Waals surface area contributed by atoms with E-state index in [4.69, 9.17) is 21.1 Å². The molecule has 2 aromatic rings. The molecule has 0 fully saturated rings. The van der Waals surface area contributed by atoms with Gasteiger partial charge in [0.15, 0.2) is 5.78 Å². The molecule has 0 aromatic heterocycles. The quantitative estimate of drug-likeness (QED) is 0.407. The molecule has 0 spiro atoms. The number of fused-ring (bicyclic) bond motifs is 1. The smallest absolute Gasteiger partial charge is 0.205 e. The van der Waals surface area contributed by atoms with Crippen molar-refractivity contribution in [2.24, 2.45) is 0 Å². The molecule has 0 saturated carbocycles. The molecule has 36 heavy (non-hydrogen) atoms. The first kappa shape index (κ1) is 27.4. The number of benzene rings is 2. The number of rotatable bonds is 12. The number of halogens is 1. The second-order valence-corrected chi connectivity index (χ2v) is 9.15. The summed E-state index contributed by atoms with van der Waals surface area (Å²) in [6, 6.07) is 14.5. The molecule has 3 rings (SSSR count). The third-order valence-electron chi connectivity index (χ3n) is 5.79. The van der Waals surface area contributed by atoms with Crippen molar-refractivity contribution < 1.29 is 24.2 Å². The summed E-state index contributed by atoms with van der Waals surface area (Å²) in [6.07, 6.45) is 6.92. The maximum absolute atomic E-state index is 12.8. The van der Waals surface area contributed by atoms with Gasteiger partial charge >= 0.3 is 0 Å². The van der Waals surface area contributed by atoms with Gasteiger partial charge < -0.3 is 19.5 Å². The van der Waals surface area contributed by atoms with Crippen molar-refractivity contribution in [1.29, 1.82) is 0 Å². The Labute approximate surface area is 217 Å². The first-order valence-electron chi connectivity index (χ1n) is 11.9. The number of Topliss-reactive ketones (excluding diaryl/α,β-unsaturated/α-hetero) is 2. The molecule has 1 aliphatic carbocycles. The highest BCUT2D eigenvalue weighted by Gasteiger charge is 2.29. The van der Waals surface area contributed by atoms with Gasteiger partial charge in [0, 0.05) is 36.4 Å². The van der Waals surface area contributed by atoms with Crippen LogP contribution in [-0.2, 0) is 11.2 Å². The third kappa shape index (κ3) is 7.17. The molecule has 1 aliphatic rings. The molecule has 0 saturated heterocycles. The van der Waals surface area contributed by atoms with E-state index >= 15 is 0 Å². The van der Waals surface area contributed by atoms with Gasteiger partial charge in [-0.05, 0) is 56.3 Å². The average Bonchev–Trinajstić information content (AvgIpc) is 2.88. The maximum Gasteiger partial charge on any atom is 0.205 e. The van der Waals surface area contributed by atoms with Crippen LogP contribution in [0.1, 0.15) is 40.1 Å². The van der Waals surface area contributed by atoms with Crippen LogP contribution < -0.4 is 4.74 Å². The topological polar surface area (TPSA) is 76.1 Å². The Balaban J connectivity index is 1.56. The van der Waals surface area contributed by atoms with E-state index in [1.807, 2.05) is 49.2 Å². The number of carbonyl (C=O) groups excluding carboxylic acids is 2. The van der Waals surface area contributed by atoms with Crippen LogP contribution in [0.4, 0.5) is 0 Å². The van der Waals surface area contributed by atoms with Crippen LogP contribution in [0.2, 0.25) is 0 Å². The second-order valence-electron chi connectivity index (χ2n) is 8.77. The lowest BCUT2D eigenvalue weighted by Gasteiger charge is -2.27. The molecular formula is C29H32ClNO5. The molecular weight excluding hydrogens is 478 g/mol. The zero-order valence-corrected chi connectivity index (χ0v) is 21.6. The Hall–Kier alpha value is -3.19. The van der Waals surface area contributed by atoms with Crippen LogP contribution in [0, 0.1) is 0 Å². The number of methoxy groups -OCH3 is 1. The number of aliphatic hydroxyl groups excluding tert-OH is 1. The van der Waals surface area contributed by atoms with Gasteiger partial charge in [-0.2, -0.15) is 0 Å². The molecule has 0 aliphatic heterocycles. The van der Waals surface area contributed by atoms with E-state index in [9.17, 15) is 14.7 Å². The van der Waals surface area contributed by atoms with Gasteiger partial charge in [0.25, 0.3) is 0 Å². The number of hydrogen-bond donors (Lipinski definition) is 1. The third-order valence-corrected chi connectivity index (χ3v) is 6.17. The van der Waals surface area contributed by atoms with Gasteiger partial charge in [0.1, 0.15) is 18.5 Å². The van der Waals surface area contributed by atoms with E-state index < -0.39 is 6.10 Å². The zero-order valence-electron chi connectivity index (χ0n) is 20.8. The first-order chi connectivity index (χ1) is 17.3. The number of allylic oxidation sites excluding steroid dienone is 5. The summed E-state index contributed by atoms with van der Waals surface area (Å²) in [5.74, 6) is 0.0649. The normalized spacial score (nSPS) is 14.7. The predicted molar refractivity (Wildman–Crippen MR) is 142 cm³/mol. The molecule has 190 valence electrons. The molecule has 1 atom stereocenters. The summed E-state index contributed by atoms with van der Waals surface area (Å²) < 4.78 is 10.8.